The second kappa shape index (κ2) is 6.39. The average Bonchev–Trinajstić information content (AvgIpc) is 2.75. The molecule has 0 saturated heterocycles. The highest BCUT2D eigenvalue weighted by Crippen LogP contribution is 2.25. The number of aromatic nitrogens is 2. The van der Waals surface area contributed by atoms with E-state index in [1.807, 2.05) is 18.5 Å². The third-order valence-electron chi connectivity index (χ3n) is 3.15. The fourth-order valence-corrected chi connectivity index (χ4v) is 2.70. The van der Waals surface area contributed by atoms with E-state index in [2.05, 4.69) is 28.0 Å². The molecule has 0 aliphatic rings. The molecule has 1 heterocycles. The number of hydrogen-bond acceptors (Lipinski definition) is 2. The molecule has 108 valence electrons. The Kier molecular flexibility index (Phi) is 4.81. The van der Waals surface area contributed by atoms with Crippen molar-refractivity contribution >= 4 is 15.9 Å². The van der Waals surface area contributed by atoms with Crippen LogP contribution in [0, 0.1) is 12.7 Å². The molecule has 0 amide bonds. The summed E-state index contributed by atoms with van der Waals surface area (Å²) in [5.41, 5.74) is 2.90. The van der Waals surface area contributed by atoms with Crippen LogP contribution in [0.5, 0.6) is 5.75 Å². The molecule has 0 aliphatic carbocycles. The Morgan fingerprint density at radius 3 is 2.75 bits per heavy atom. The SMILES string of the molecule is CCc1nn(CC)c(COc2cc(C)ccc2F)c1Br. The Morgan fingerprint density at radius 2 is 2.10 bits per heavy atom. The summed E-state index contributed by atoms with van der Waals surface area (Å²) < 4.78 is 22.1. The van der Waals surface area contributed by atoms with Crippen LogP contribution in [0.1, 0.15) is 30.8 Å². The quantitative estimate of drug-likeness (QED) is 0.813. The lowest BCUT2D eigenvalue weighted by Crippen LogP contribution is -2.07. The Morgan fingerprint density at radius 1 is 1.35 bits per heavy atom. The molecule has 0 N–H and O–H groups in total. The second-order valence-corrected chi connectivity index (χ2v) is 5.39. The van der Waals surface area contributed by atoms with Crippen molar-refractivity contribution in [3.63, 3.8) is 0 Å². The molecule has 1 aromatic heterocycles. The molecule has 0 atom stereocenters. The van der Waals surface area contributed by atoms with Gasteiger partial charge in [-0.3, -0.25) is 4.68 Å². The van der Waals surface area contributed by atoms with Gasteiger partial charge in [-0.05, 0) is 53.9 Å². The largest absolute Gasteiger partial charge is 0.484 e. The smallest absolute Gasteiger partial charge is 0.165 e. The molecule has 0 spiro atoms. The predicted octanol–water partition coefficient (Wildman–Crippen LogP) is 4.25. The molecule has 1 aromatic carbocycles. The van der Waals surface area contributed by atoms with Crippen molar-refractivity contribution in [3.05, 3.63) is 45.4 Å². The first-order valence-corrected chi connectivity index (χ1v) is 7.49. The normalized spacial score (nSPS) is 10.8. The summed E-state index contributed by atoms with van der Waals surface area (Å²) in [5, 5.41) is 4.50. The van der Waals surface area contributed by atoms with Gasteiger partial charge in [-0.2, -0.15) is 5.10 Å². The zero-order chi connectivity index (χ0) is 14.7. The molecule has 5 heteroatoms. The summed E-state index contributed by atoms with van der Waals surface area (Å²) in [6.45, 7) is 7.04. The van der Waals surface area contributed by atoms with Gasteiger partial charge in [0.05, 0.1) is 15.9 Å². The summed E-state index contributed by atoms with van der Waals surface area (Å²) in [6.07, 6.45) is 0.847. The van der Waals surface area contributed by atoms with E-state index in [4.69, 9.17) is 4.74 Å². The van der Waals surface area contributed by atoms with E-state index in [-0.39, 0.29) is 11.6 Å². The highest BCUT2D eigenvalue weighted by Gasteiger charge is 2.15. The molecule has 0 aliphatic heterocycles. The van der Waals surface area contributed by atoms with Crippen LogP contribution in [0.2, 0.25) is 0 Å². The molecular weight excluding hydrogens is 323 g/mol. The highest BCUT2D eigenvalue weighted by molar-refractivity contribution is 9.10. The van der Waals surface area contributed by atoms with Crippen molar-refractivity contribution in [1.82, 2.24) is 9.78 Å². The van der Waals surface area contributed by atoms with Gasteiger partial charge in [0.1, 0.15) is 6.61 Å². The predicted molar refractivity (Wildman–Crippen MR) is 80.4 cm³/mol. The van der Waals surface area contributed by atoms with Crippen LogP contribution in [0.15, 0.2) is 22.7 Å². The first-order valence-electron chi connectivity index (χ1n) is 6.69. The zero-order valence-corrected chi connectivity index (χ0v) is 13.5. The number of halogens is 2. The van der Waals surface area contributed by atoms with Crippen molar-refractivity contribution in [2.75, 3.05) is 0 Å². The lowest BCUT2D eigenvalue weighted by molar-refractivity contribution is 0.277. The number of rotatable bonds is 5. The van der Waals surface area contributed by atoms with Crippen molar-refractivity contribution in [2.45, 2.75) is 40.3 Å². The maximum absolute atomic E-state index is 13.7. The van der Waals surface area contributed by atoms with Crippen LogP contribution in [-0.4, -0.2) is 9.78 Å². The minimum Gasteiger partial charge on any atom is -0.484 e. The fourth-order valence-electron chi connectivity index (χ4n) is 2.02. The first-order chi connectivity index (χ1) is 9.56. The van der Waals surface area contributed by atoms with Crippen LogP contribution in [0.4, 0.5) is 4.39 Å². The summed E-state index contributed by atoms with van der Waals surface area (Å²) in [7, 11) is 0. The molecule has 2 aromatic rings. The standard InChI is InChI=1S/C15H18BrFN2O/c1-4-12-15(16)13(19(5-2)18-12)9-20-14-8-10(3)6-7-11(14)17/h6-8H,4-5,9H2,1-3H3. The Hall–Kier alpha value is -1.36. The van der Waals surface area contributed by atoms with Gasteiger partial charge < -0.3 is 4.74 Å². The molecule has 0 bridgehead atoms. The molecular formula is C15H18BrFN2O. The molecule has 0 fully saturated rings. The van der Waals surface area contributed by atoms with Crippen molar-refractivity contribution in [3.8, 4) is 5.75 Å². The van der Waals surface area contributed by atoms with E-state index in [0.717, 1.165) is 34.4 Å². The lowest BCUT2D eigenvalue weighted by atomic mass is 10.2. The number of ether oxygens (including phenoxy) is 1. The molecule has 0 radical (unpaired) electrons. The zero-order valence-electron chi connectivity index (χ0n) is 11.9. The Labute approximate surface area is 126 Å². The van der Waals surface area contributed by atoms with E-state index >= 15 is 0 Å². The van der Waals surface area contributed by atoms with Crippen LogP contribution < -0.4 is 4.74 Å². The minimum atomic E-state index is -0.343. The van der Waals surface area contributed by atoms with Gasteiger partial charge in [0.25, 0.3) is 0 Å². The summed E-state index contributed by atoms with van der Waals surface area (Å²) in [5.74, 6) is -0.0659. The van der Waals surface area contributed by atoms with Crippen molar-refractivity contribution in [2.24, 2.45) is 0 Å². The minimum absolute atomic E-state index is 0.277. The van der Waals surface area contributed by atoms with Crippen LogP contribution >= 0.6 is 15.9 Å². The van der Waals surface area contributed by atoms with Crippen molar-refractivity contribution < 1.29 is 9.13 Å². The highest BCUT2D eigenvalue weighted by atomic mass is 79.9. The van der Waals surface area contributed by atoms with E-state index in [9.17, 15) is 4.39 Å². The average molecular weight is 341 g/mol. The van der Waals surface area contributed by atoms with Crippen LogP contribution in [0.3, 0.4) is 0 Å². The molecule has 0 unspecified atom stereocenters. The van der Waals surface area contributed by atoms with Crippen LogP contribution in [-0.2, 0) is 19.6 Å². The van der Waals surface area contributed by atoms with Gasteiger partial charge in [0.2, 0.25) is 0 Å². The second-order valence-electron chi connectivity index (χ2n) is 4.60. The van der Waals surface area contributed by atoms with E-state index in [1.54, 1.807) is 12.1 Å². The number of nitrogens with zero attached hydrogens (tertiary/aromatic N) is 2. The van der Waals surface area contributed by atoms with Gasteiger partial charge in [0.15, 0.2) is 11.6 Å². The number of hydrogen-bond donors (Lipinski definition) is 0. The van der Waals surface area contributed by atoms with E-state index in [1.165, 1.54) is 6.07 Å². The van der Waals surface area contributed by atoms with Gasteiger partial charge >= 0.3 is 0 Å². The van der Waals surface area contributed by atoms with Gasteiger partial charge in [-0.25, -0.2) is 4.39 Å². The monoisotopic (exact) mass is 340 g/mol. The van der Waals surface area contributed by atoms with Gasteiger partial charge in [0, 0.05) is 6.54 Å². The fraction of sp³-hybridized carbons (Fsp3) is 0.400. The number of aryl methyl sites for hydroxylation is 3. The Bertz CT molecular complexity index is 610. The van der Waals surface area contributed by atoms with Gasteiger partial charge in [-0.15, -0.1) is 0 Å². The maximum Gasteiger partial charge on any atom is 0.165 e. The van der Waals surface area contributed by atoms with E-state index in [0.29, 0.717) is 6.61 Å². The Balaban J connectivity index is 2.22. The summed E-state index contributed by atoms with van der Waals surface area (Å²) in [4.78, 5) is 0. The number of benzene rings is 1. The third kappa shape index (κ3) is 3.03. The molecule has 20 heavy (non-hydrogen) atoms. The molecule has 0 saturated carbocycles. The van der Waals surface area contributed by atoms with Gasteiger partial charge in [-0.1, -0.05) is 13.0 Å². The molecule has 3 nitrogen and oxygen atoms in total. The third-order valence-corrected chi connectivity index (χ3v) is 4.06. The summed E-state index contributed by atoms with van der Waals surface area (Å²) in [6, 6.07) is 4.86. The topological polar surface area (TPSA) is 27.1 Å². The van der Waals surface area contributed by atoms with Crippen molar-refractivity contribution in [1.29, 1.82) is 0 Å². The molecule has 2 rings (SSSR count). The summed E-state index contributed by atoms with van der Waals surface area (Å²) >= 11 is 3.55. The lowest BCUT2D eigenvalue weighted by Gasteiger charge is -2.10. The van der Waals surface area contributed by atoms with E-state index < -0.39 is 0 Å². The first kappa shape index (κ1) is 15.0. The maximum atomic E-state index is 13.7. The van der Waals surface area contributed by atoms with Crippen LogP contribution in [0.25, 0.3) is 0 Å².